The van der Waals surface area contributed by atoms with Crippen LogP contribution in [0.1, 0.15) is 32.0 Å². The van der Waals surface area contributed by atoms with Crippen molar-refractivity contribution in [2.24, 2.45) is 0 Å². The second-order valence-corrected chi connectivity index (χ2v) is 8.23. The first-order chi connectivity index (χ1) is 15.6. The number of carbonyl (C=O) groups excluding carboxylic acids is 1. The molecule has 32 heavy (non-hydrogen) atoms. The van der Waals surface area contributed by atoms with Crippen molar-refractivity contribution in [3.63, 3.8) is 0 Å². The quantitative estimate of drug-likeness (QED) is 0.415. The molecule has 0 unspecified atom stereocenters. The number of carbonyl (C=O) groups is 1. The van der Waals surface area contributed by atoms with Crippen LogP contribution < -0.4 is 20.3 Å². The van der Waals surface area contributed by atoms with E-state index in [1.54, 1.807) is 37.0 Å². The highest BCUT2D eigenvalue weighted by Gasteiger charge is 2.17. The Hall–Kier alpha value is -3.40. The summed E-state index contributed by atoms with van der Waals surface area (Å²) in [5.74, 6) is 2.35. The van der Waals surface area contributed by atoms with Crippen molar-refractivity contribution in [2.45, 2.75) is 39.2 Å². The number of nitrogens with one attached hydrogen (secondary N) is 1. The van der Waals surface area contributed by atoms with E-state index in [4.69, 9.17) is 9.47 Å². The van der Waals surface area contributed by atoms with Gasteiger partial charge in [0.2, 0.25) is 11.7 Å². The number of anilines is 1. The molecule has 4 aromatic rings. The average molecular weight is 456 g/mol. The molecular weight excluding hydrogens is 430 g/mol. The lowest BCUT2D eigenvalue weighted by Gasteiger charge is -2.10. The van der Waals surface area contributed by atoms with Crippen LogP contribution in [-0.4, -0.2) is 39.3 Å². The van der Waals surface area contributed by atoms with Crippen molar-refractivity contribution in [2.75, 3.05) is 19.5 Å². The Bertz CT molecular complexity index is 1320. The molecular formula is C22H25N5O4S. The lowest BCUT2D eigenvalue weighted by molar-refractivity contribution is -0.116. The first-order valence-corrected chi connectivity index (χ1v) is 11.3. The van der Waals surface area contributed by atoms with Crippen LogP contribution in [0, 0.1) is 0 Å². The van der Waals surface area contributed by atoms with Crippen LogP contribution in [0.3, 0.4) is 0 Å². The molecule has 1 aromatic carbocycles. The van der Waals surface area contributed by atoms with Crippen molar-refractivity contribution in [3.8, 4) is 11.5 Å². The molecule has 0 aliphatic carbocycles. The Morgan fingerprint density at radius 3 is 2.72 bits per heavy atom. The number of aryl methyl sites for hydroxylation is 2. The predicted octanol–water partition coefficient (Wildman–Crippen LogP) is 3.49. The zero-order chi connectivity index (χ0) is 22.7. The normalized spacial score (nSPS) is 11.2. The number of thiophene rings is 1. The summed E-state index contributed by atoms with van der Waals surface area (Å²) in [6.45, 7) is 2.61. The average Bonchev–Trinajstić information content (AvgIpc) is 3.44. The highest BCUT2D eigenvalue weighted by molar-refractivity contribution is 7.17. The molecule has 0 aliphatic rings. The zero-order valence-electron chi connectivity index (χ0n) is 18.3. The smallest absolute Gasteiger partial charge is 0.272 e. The summed E-state index contributed by atoms with van der Waals surface area (Å²) in [5.41, 5.74) is 1.43. The van der Waals surface area contributed by atoms with Gasteiger partial charge in [-0.15, -0.1) is 21.5 Å². The van der Waals surface area contributed by atoms with E-state index in [9.17, 15) is 9.59 Å². The number of rotatable bonds is 9. The molecule has 3 heterocycles. The second-order valence-electron chi connectivity index (χ2n) is 7.31. The van der Waals surface area contributed by atoms with Gasteiger partial charge in [0, 0.05) is 31.1 Å². The van der Waals surface area contributed by atoms with Gasteiger partial charge in [-0.25, -0.2) is 0 Å². The van der Waals surface area contributed by atoms with Gasteiger partial charge in [0.25, 0.3) is 5.56 Å². The monoisotopic (exact) mass is 455 g/mol. The number of hydrogen-bond donors (Lipinski definition) is 1. The highest BCUT2D eigenvalue weighted by Crippen LogP contribution is 2.29. The SMILES string of the molecule is CCCn1c(=O)c2sccc2n2c(CCCC(=O)Nc3ccc(OC)c(OC)c3)nnc12. The van der Waals surface area contributed by atoms with Crippen molar-refractivity contribution in [3.05, 3.63) is 45.8 Å². The lowest BCUT2D eigenvalue weighted by atomic mass is 10.2. The van der Waals surface area contributed by atoms with Gasteiger partial charge >= 0.3 is 0 Å². The molecule has 0 saturated heterocycles. The molecule has 4 rings (SSSR count). The molecule has 0 atom stereocenters. The third kappa shape index (κ3) is 4.05. The number of aromatic nitrogens is 4. The predicted molar refractivity (Wildman–Crippen MR) is 124 cm³/mol. The Labute approximate surface area is 188 Å². The molecule has 1 amide bonds. The maximum Gasteiger partial charge on any atom is 0.272 e. The van der Waals surface area contributed by atoms with Gasteiger partial charge in [-0.2, -0.15) is 0 Å². The molecule has 9 nitrogen and oxygen atoms in total. The van der Waals surface area contributed by atoms with Crippen LogP contribution in [0.5, 0.6) is 11.5 Å². The maximum absolute atomic E-state index is 12.8. The summed E-state index contributed by atoms with van der Waals surface area (Å²) < 4.78 is 14.8. The van der Waals surface area contributed by atoms with E-state index in [1.807, 2.05) is 22.8 Å². The third-order valence-corrected chi connectivity index (χ3v) is 6.09. The molecule has 1 N–H and O–H groups in total. The minimum absolute atomic E-state index is 0.0300. The Morgan fingerprint density at radius 1 is 1.16 bits per heavy atom. The fourth-order valence-electron chi connectivity index (χ4n) is 3.71. The summed E-state index contributed by atoms with van der Waals surface area (Å²) in [5, 5.41) is 13.4. The van der Waals surface area contributed by atoms with Crippen molar-refractivity contribution < 1.29 is 14.3 Å². The fraction of sp³-hybridized carbons (Fsp3) is 0.364. The van der Waals surface area contributed by atoms with E-state index in [2.05, 4.69) is 15.5 Å². The fourth-order valence-corrected chi connectivity index (χ4v) is 4.54. The van der Waals surface area contributed by atoms with Gasteiger partial charge in [0.05, 0.1) is 19.7 Å². The Balaban J connectivity index is 1.48. The van der Waals surface area contributed by atoms with Gasteiger partial charge < -0.3 is 14.8 Å². The standard InChI is InChI=1S/C22H25N5O4S/c1-4-11-26-21(29)20-15(10-12-32-20)27-18(24-25-22(26)27)6-5-7-19(28)23-14-8-9-16(30-2)17(13-14)31-3/h8-10,12-13H,4-7,11H2,1-3H3,(H,23,28). The Morgan fingerprint density at radius 2 is 1.97 bits per heavy atom. The van der Waals surface area contributed by atoms with E-state index in [1.165, 1.54) is 11.3 Å². The number of benzene rings is 1. The minimum Gasteiger partial charge on any atom is -0.493 e. The summed E-state index contributed by atoms with van der Waals surface area (Å²) >= 11 is 1.42. The maximum atomic E-state index is 12.8. The molecule has 0 spiro atoms. The minimum atomic E-state index is -0.102. The molecule has 0 fully saturated rings. The van der Waals surface area contributed by atoms with Crippen LogP contribution >= 0.6 is 11.3 Å². The van der Waals surface area contributed by atoms with Gasteiger partial charge in [-0.05, 0) is 36.4 Å². The molecule has 0 radical (unpaired) electrons. The molecule has 168 valence electrons. The molecule has 3 aromatic heterocycles. The number of hydrogen-bond acceptors (Lipinski definition) is 7. The number of fused-ring (bicyclic) bond motifs is 3. The van der Waals surface area contributed by atoms with E-state index in [-0.39, 0.29) is 11.5 Å². The van der Waals surface area contributed by atoms with Crippen molar-refractivity contribution in [1.29, 1.82) is 0 Å². The van der Waals surface area contributed by atoms with Gasteiger partial charge in [-0.1, -0.05) is 6.92 Å². The summed E-state index contributed by atoms with van der Waals surface area (Å²) in [4.78, 5) is 25.2. The first kappa shape index (κ1) is 21.8. The lowest BCUT2D eigenvalue weighted by Crippen LogP contribution is -2.22. The molecule has 0 bridgehead atoms. The van der Waals surface area contributed by atoms with Crippen molar-refractivity contribution >= 4 is 38.9 Å². The van der Waals surface area contributed by atoms with Crippen molar-refractivity contribution in [1.82, 2.24) is 19.2 Å². The van der Waals surface area contributed by atoms with Crippen LogP contribution in [-0.2, 0) is 17.8 Å². The summed E-state index contributed by atoms with van der Waals surface area (Å²) in [6.07, 6.45) is 2.31. The van der Waals surface area contributed by atoms with Gasteiger partial charge in [0.15, 0.2) is 11.5 Å². The summed E-state index contributed by atoms with van der Waals surface area (Å²) in [6, 6.07) is 7.16. The molecule has 0 saturated carbocycles. The second kappa shape index (κ2) is 9.39. The van der Waals surface area contributed by atoms with Crippen LogP contribution in [0.25, 0.3) is 16.0 Å². The van der Waals surface area contributed by atoms with E-state index < -0.39 is 0 Å². The summed E-state index contributed by atoms with van der Waals surface area (Å²) in [7, 11) is 3.12. The van der Waals surface area contributed by atoms with Gasteiger partial charge in [-0.3, -0.25) is 18.6 Å². The van der Waals surface area contributed by atoms with Crippen LogP contribution in [0.4, 0.5) is 5.69 Å². The third-order valence-electron chi connectivity index (χ3n) is 5.20. The van der Waals surface area contributed by atoms with Crippen LogP contribution in [0.2, 0.25) is 0 Å². The number of methoxy groups -OCH3 is 2. The largest absolute Gasteiger partial charge is 0.493 e. The number of ether oxygens (including phenoxy) is 2. The topological polar surface area (TPSA) is 99.8 Å². The van der Waals surface area contributed by atoms with Gasteiger partial charge in [0.1, 0.15) is 10.5 Å². The van der Waals surface area contributed by atoms with E-state index in [0.717, 1.165) is 17.8 Å². The molecule has 0 aliphatic heterocycles. The zero-order valence-corrected chi connectivity index (χ0v) is 19.1. The first-order valence-electron chi connectivity index (χ1n) is 10.4. The number of nitrogens with zero attached hydrogens (tertiary/aromatic N) is 4. The Kier molecular flexibility index (Phi) is 6.40. The van der Waals surface area contributed by atoms with E-state index >= 15 is 0 Å². The number of amides is 1. The van der Waals surface area contributed by atoms with E-state index in [0.29, 0.717) is 53.5 Å². The highest BCUT2D eigenvalue weighted by atomic mass is 32.1. The van der Waals surface area contributed by atoms with Crippen LogP contribution in [0.15, 0.2) is 34.4 Å². The molecule has 10 heteroatoms.